The van der Waals surface area contributed by atoms with Crippen molar-refractivity contribution in [1.29, 1.82) is 0 Å². The predicted molar refractivity (Wildman–Crippen MR) is 125 cm³/mol. The van der Waals surface area contributed by atoms with Crippen molar-refractivity contribution in [2.75, 3.05) is 7.11 Å². The summed E-state index contributed by atoms with van der Waals surface area (Å²) in [5, 5.41) is 3.27. The minimum Gasteiger partial charge on any atom is -0.497 e. The highest BCUT2D eigenvalue weighted by atomic mass is 16.5. The number of hydrogen-bond acceptors (Lipinski definition) is 4. The van der Waals surface area contributed by atoms with Crippen LogP contribution in [0.25, 0.3) is 11.1 Å². The number of fused-ring (bicyclic) bond motifs is 3. The number of amides is 2. The number of furan rings is 1. The van der Waals surface area contributed by atoms with E-state index in [2.05, 4.69) is 5.32 Å². The van der Waals surface area contributed by atoms with Crippen molar-refractivity contribution in [2.45, 2.75) is 70.6 Å². The molecule has 1 aliphatic heterocycles. The first-order chi connectivity index (χ1) is 15.9. The Hall–Kier alpha value is -3.22. The molecule has 0 spiro atoms. The highest BCUT2D eigenvalue weighted by Crippen LogP contribution is 2.35. The quantitative estimate of drug-likeness (QED) is 0.626. The maximum atomic E-state index is 13.8. The van der Waals surface area contributed by atoms with E-state index >= 15 is 0 Å². The van der Waals surface area contributed by atoms with Gasteiger partial charge in [-0.2, -0.15) is 0 Å². The lowest BCUT2D eigenvalue weighted by Gasteiger charge is -2.44. The van der Waals surface area contributed by atoms with E-state index in [1.165, 1.54) is 6.42 Å². The summed E-state index contributed by atoms with van der Waals surface area (Å²) in [6.45, 7) is 4.49. The molecule has 3 heterocycles. The van der Waals surface area contributed by atoms with E-state index < -0.39 is 5.54 Å². The Morgan fingerprint density at radius 3 is 2.61 bits per heavy atom. The van der Waals surface area contributed by atoms with Gasteiger partial charge in [0.2, 0.25) is 5.91 Å². The molecule has 0 bridgehead atoms. The maximum absolute atomic E-state index is 13.8. The summed E-state index contributed by atoms with van der Waals surface area (Å²) in [5.74, 6) is 1.29. The number of rotatable bonds is 5. The van der Waals surface area contributed by atoms with Crippen LogP contribution in [0.4, 0.5) is 0 Å². The van der Waals surface area contributed by atoms with Crippen LogP contribution < -0.4 is 10.1 Å². The molecular weight excluding hydrogens is 418 g/mol. The van der Waals surface area contributed by atoms with Crippen molar-refractivity contribution in [2.24, 2.45) is 0 Å². The number of carbonyl (C=O) groups excluding carboxylic acids is 2. The number of aryl methyl sites for hydroxylation is 1. The Kier molecular flexibility index (Phi) is 5.43. The molecule has 7 heteroatoms. The van der Waals surface area contributed by atoms with Gasteiger partial charge in [0.05, 0.1) is 19.2 Å². The molecule has 1 aromatic carbocycles. The van der Waals surface area contributed by atoms with Crippen LogP contribution in [0.15, 0.2) is 40.8 Å². The molecule has 1 saturated carbocycles. The Labute approximate surface area is 193 Å². The lowest BCUT2D eigenvalue weighted by Crippen LogP contribution is -2.64. The number of carbonyl (C=O) groups is 2. The summed E-state index contributed by atoms with van der Waals surface area (Å²) in [6, 6.07) is 11.5. The van der Waals surface area contributed by atoms with Gasteiger partial charge in [0.25, 0.3) is 5.91 Å². The monoisotopic (exact) mass is 449 g/mol. The molecule has 3 aromatic rings. The smallest absolute Gasteiger partial charge is 0.271 e. The standard InChI is InChI=1S/C26H31N3O4/c1-17-13-21-23(33-17)14-22-24(30)29(15-18-9-11-20(32-3)12-10-18)26(2,16-28(21)22)25(31)27-19-7-5-4-6-8-19/h9-14,19H,4-8,15-16H2,1-3H3,(H,27,31). The summed E-state index contributed by atoms with van der Waals surface area (Å²) >= 11 is 0. The molecule has 1 atom stereocenters. The van der Waals surface area contributed by atoms with E-state index in [-0.39, 0.29) is 17.9 Å². The zero-order valence-corrected chi connectivity index (χ0v) is 19.5. The molecule has 1 fully saturated rings. The minimum atomic E-state index is -1.03. The fraction of sp³-hybridized carbons (Fsp3) is 0.462. The molecule has 1 N–H and O–H groups in total. The Morgan fingerprint density at radius 1 is 1.18 bits per heavy atom. The second-order valence-corrected chi connectivity index (χ2v) is 9.54. The molecule has 174 valence electrons. The highest BCUT2D eigenvalue weighted by molar-refractivity contribution is 6.03. The Balaban J connectivity index is 1.52. The lowest BCUT2D eigenvalue weighted by atomic mass is 9.91. The van der Waals surface area contributed by atoms with Gasteiger partial charge >= 0.3 is 0 Å². The van der Waals surface area contributed by atoms with Crippen molar-refractivity contribution in [3.63, 3.8) is 0 Å². The summed E-state index contributed by atoms with van der Waals surface area (Å²) < 4.78 is 13.0. The van der Waals surface area contributed by atoms with Crippen molar-refractivity contribution in [3.8, 4) is 5.75 Å². The van der Waals surface area contributed by atoms with Crippen LogP contribution in [0.3, 0.4) is 0 Å². The molecule has 2 aliphatic rings. The molecule has 0 radical (unpaired) electrons. The van der Waals surface area contributed by atoms with Gasteiger partial charge in [-0.3, -0.25) is 9.59 Å². The zero-order chi connectivity index (χ0) is 23.2. The van der Waals surface area contributed by atoms with Gasteiger partial charge in [0.1, 0.15) is 22.7 Å². The number of aromatic nitrogens is 1. The zero-order valence-electron chi connectivity index (χ0n) is 19.5. The van der Waals surface area contributed by atoms with Gasteiger partial charge in [-0.25, -0.2) is 0 Å². The average Bonchev–Trinajstić information content (AvgIpc) is 3.34. The lowest BCUT2D eigenvalue weighted by molar-refractivity contribution is -0.134. The first-order valence-corrected chi connectivity index (χ1v) is 11.7. The maximum Gasteiger partial charge on any atom is 0.271 e. The third-order valence-electron chi connectivity index (χ3n) is 7.17. The van der Waals surface area contributed by atoms with Gasteiger partial charge < -0.3 is 23.9 Å². The van der Waals surface area contributed by atoms with Crippen molar-refractivity contribution in [1.82, 2.24) is 14.8 Å². The van der Waals surface area contributed by atoms with E-state index in [9.17, 15) is 9.59 Å². The van der Waals surface area contributed by atoms with Crippen LogP contribution in [-0.4, -0.2) is 40.0 Å². The molecule has 0 saturated heterocycles. The van der Waals surface area contributed by atoms with Gasteiger partial charge in [-0.15, -0.1) is 0 Å². The SMILES string of the molecule is COc1ccc(CN2C(=O)c3cc4oc(C)cc4n3CC2(C)C(=O)NC2CCCCC2)cc1. The van der Waals surface area contributed by atoms with Gasteiger partial charge in [0, 0.05) is 24.7 Å². The second-order valence-electron chi connectivity index (χ2n) is 9.54. The first-order valence-electron chi connectivity index (χ1n) is 11.7. The fourth-order valence-corrected chi connectivity index (χ4v) is 5.21. The third kappa shape index (κ3) is 3.79. The van der Waals surface area contributed by atoms with Crippen LogP contribution in [-0.2, 0) is 17.9 Å². The van der Waals surface area contributed by atoms with E-state index in [0.717, 1.165) is 48.3 Å². The number of ether oxygens (including phenoxy) is 1. The number of hydrogen-bond donors (Lipinski definition) is 1. The van der Waals surface area contributed by atoms with Crippen LogP contribution in [0.2, 0.25) is 0 Å². The van der Waals surface area contributed by atoms with Gasteiger partial charge in [-0.1, -0.05) is 31.4 Å². The molecule has 7 nitrogen and oxygen atoms in total. The molecule has 2 aromatic heterocycles. The largest absolute Gasteiger partial charge is 0.497 e. The normalized spacial score (nSPS) is 21.3. The molecular formula is C26H31N3O4. The van der Waals surface area contributed by atoms with E-state index in [0.29, 0.717) is 24.4 Å². The minimum absolute atomic E-state index is 0.0935. The van der Waals surface area contributed by atoms with Gasteiger partial charge in [0.15, 0.2) is 5.58 Å². The second kappa shape index (κ2) is 8.28. The van der Waals surface area contributed by atoms with Crippen LogP contribution >= 0.6 is 0 Å². The van der Waals surface area contributed by atoms with Crippen molar-refractivity contribution in [3.05, 3.63) is 53.4 Å². The molecule has 2 amide bonds. The van der Waals surface area contributed by atoms with Crippen molar-refractivity contribution >= 4 is 22.9 Å². The Morgan fingerprint density at radius 2 is 1.91 bits per heavy atom. The van der Waals surface area contributed by atoms with Gasteiger partial charge in [-0.05, 0) is 44.4 Å². The van der Waals surface area contributed by atoms with E-state index in [1.54, 1.807) is 18.1 Å². The van der Waals surface area contributed by atoms with Crippen LogP contribution in [0, 0.1) is 6.92 Å². The number of benzene rings is 1. The molecule has 5 rings (SSSR count). The first kappa shape index (κ1) is 21.6. The van der Waals surface area contributed by atoms with E-state index in [1.807, 2.05) is 48.7 Å². The summed E-state index contributed by atoms with van der Waals surface area (Å²) in [5.41, 5.74) is 2.01. The Bertz CT molecular complexity index is 1190. The topological polar surface area (TPSA) is 76.7 Å². The molecule has 1 aliphatic carbocycles. The van der Waals surface area contributed by atoms with Crippen LogP contribution in [0.1, 0.15) is 60.8 Å². The number of nitrogens with one attached hydrogen (secondary N) is 1. The number of methoxy groups -OCH3 is 1. The van der Waals surface area contributed by atoms with Crippen LogP contribution in [0.5, 0.6) is 5.75 Å². The highest BCUT2D eigenvalue weighted by Gasteiger charge is 2.48. The fourth-order valence-electron chi connectivity index (χ4n) is 5.21. The summed E-state index contributed by atoms with van der Waals surface area (Å²) in [4.78, 5) is 29.2. The molecule has 33 heavy (non-hydrogen) atoms. The predicted octanol–water partition coefficient (Wildman–Crippen LogP) is 4.41. The summed E-state index contributed by atoms with van der Waals surface area (Å²) in [6.07, 6.45) is 5.47. The van der Waals surface area contributed by atoms with Crippen molar-refractivity contribution < 1.29 is 18.7 Å². The number of nitrogens with zero attached hydrogens (tertiary/aromatic N) is 2. The summed E-state index contributed by atoms with van der Waals surface area (Å²) in [7, 11) is 1.63. The third-order valence-corrected chi connectivity index (χ3v) is 7.17. The van der Waals surface area contributed by atoms with E-state index in [4.69, 9.17) is 9.15 Å². The average molecular weight is 450 g/mol. The molecule has 1 unspecified atom stereocenters.